The van der Waals surface area contributed by atoms with Crippen molar-refractivity contribution in [2.45, 2.75) is 103 Å². The summed E-state index contributed by atoms with van der Waals surface area (Å²) >= 11 is 0. The number of hydrogen-bond donors (Lipinski definition) is 2. The van der Waals surface area contributed by atoms with Gasteiger partial charge in [-0.15, -0.1) is 0 Å². The van der Waals surface area contributed by atoms with E-state index in [1.165, 1.54) is 21.6 Å². The minimum Gasteiger partial charge on any atom is -0.354 e. The Labute approximate surface area is 237 Å². The lowest BCUT2D eigenvalue weighted by Gasteiger charge is -2.23. The van der Waals surface area contributed by atoms with Crippen molar-refractivity contribution in [2.24, 2.45) is 0 Å². The maximum absolute atomic E-state index is 4.84. The first-order valence-electron chi connectivity index (χ1n) is 14.4. The van der Waals surface area contributed by atoms with E-state index in [4.69, 9.17) is 19.9 Å². The molecule has 2 aromatic heterocycles. The molecule has 214 valence electrons. The van der Waals surface area contributed by atoms with Crippen LogP contribution in [0.25, 0.3) is 0 Å². The smallest absolute Gasteiger partial charge is 0.231 e. The Morgan fingerprint density at radius 2 is 0.842 bits per heavy atom. The van der Waals surface area contributed by atoms with Crippen LogP contribution >= 0.6 is 21.6 Å². The lowest BCUT2D eigenvalue weighted by Crippen LogP contribution is -2.28. The number of hydrogen-bond acceptors (Lipinski definition) is 12. The molecular weight excluding hydrogens is 516 g/mol. The Morgan fingerprint density at radius 3 is 1.13 bits per heavy atom. The Kier molecular flexibility index (Phi) is 16.1. The predicted molar refractivity (Wildman–Crippen MR) is 164 cm³/mol. The Bertz CT molecular complexity index is 828. The van der Waals surface area contributed by atoms with Gasteiger partial charge in [-0.05, 0) is 61.1 Å². The number of rotatable bonds is 21. The van der Waals surface area contributed by atoms with Crippen LogP contribution < -0.4 is 20.4 Å². The summed E-state index contributed by atoms with van der Waals surface area (Å²) in [5.74, 6) is 2.68. The quantitative estimate of drug-likeness (QED) is 0.161. The molecule has 0 amide bonds. The van der Waals surface area contributed by atoms with E-state index in [-0.39, 0.29) is 0 Å². The molecule has 2 aromatic rings. The molecule has 2 rings (SSSR count). The number of unbranched alkanes of at least 4 members (excludes halogenated alkanes) is 4. The fourth-order valence-electron chi connectivity index (χ4n) is 3.62. The third-order valence-corrected chi connectivity index (χ3v) is 7.65. The summed E-state index contributed by atoms with van der Waals surface area (Å²) in [6, 6.07) is 0. The predicted octanol–water partition coefficient (Wildman–Crippen LogP) is 6.53. The SMILES string of the molecule is CCCCN(CCCC)c1nc(NCC)nc(SSc2nc(NCC)nc(N(CCCC)CCCC)n2)n1. The second-order valence-electron chi connectivity index (χ2n) is 9.10. The molecule has 0 radical (unpaired) electrons. The molecule has 0 saturated carbocycles. The van der Waals surface area contributed by atoms with E-state index in [1.807, 2.05) is 13.8 Å². The van der Waals surface area contributed by atoms with Crippen molar-refractivity contribution in [3.8, 4) is 0 Å². The normalized spacial score (nSPS) is 11.0. The molecule has 0 saturated heterocycles. The zero-order valence-corrected chi connectivity index (χ0v) is 25.9. The van der Waals surface area contributed by atoms with Crippen molar-refractivity contribution < 1.29 is 0 Å². The molecule has 0 aliphatic heterocycles. The van der Waals surface area contributed by atoms with Gasteiger partial charge in [0.05, 0.1) is 0 Å². The monoisotopic (exact) mass is 564 g/mol. The van der Waals surface area contributed by atoms with Gasteiger partial charge in [-0.2, -0.15) is 29.9 Å². The van der Waals surface area contributed by atoms with Crippen molar-refractivity contribution in [3.05, 3.63) is 0 Å². The van der Waals surface area contributed by atoms with Gasteiger partial charge in [0.25, 0.3) is 0 Å². The molecule has 0 spiro atoms. The van der Waals surface area contributed by atoms with Crippen molar-refractivity contribution in [1.29, 1.82) is 0 Å². The van der Waals surface area contributed by atoms with Crippen LogP contribution in [0.4, 0.5) is 23.8 Å². The molecular formula is C26H48N10S2. The van der Waals surface area contributed by atoms with Crippen LogP contribution in [0.15, 0.2) is 10.3 Å². The van der Waals surface area contributed by atoms with Crippen LogP contribution in [-0.4, -0.2) is 69.2 Å². The summed E-state index contributed by atoms with van der Waals surface area (Å²) in [5, 5.41) is 7.84. The summed E-state index contributed by atoms with van der Waals surface area (Å²) in [5.41, 5.74) is 0. The molecule has 0 fully saturated rings. The highest BCUT2D eigenvalue weighted by atomic mass is 33.1. The van der Waals surface area contributed by atoms with Gasteiger partial charge >= 0.3 is 0 Å². The van der Waals surface area contributed by atoms with Crippen molar-refractivity contribution in [1.82, 2.24) is 29.9 Å². The first-order valence-corrected chi connectivity index (χ1v) is 16.6. The molecule has 0 aliphatic rings. The number of nitrogens with one attached hydrogen (secondary N) is 2. The maximum atomic E-state index is 4.84. The van der Waals surface area contributed by atoms with Crippen molar-refractivity contribution in [2.75, 3.05) is 59.7 Å². The van der Waals surface area contributed by atoms with Gasteiger partial charge in [-0.3, -0.25) is 0 Å². The average Bonchev–Trinajstić information content (AvgIpc) is 2.92. The summed E-state index contributed by atoms with van der Waals surface area (Å²) in [6.45, 7) is 18.2. The van der Waals surface area contributed by atoms with E-state index >= 15 is 0 Å². The third-order valence-electron chi connectivity index (χ3n) is 5.76. The molecule has 12 heteroatoms. The molecule has 2 heterocycles. The summed E-state index contributed by atoms with van der Waals surface area (Å²) in [6.07, 6.45) is 8.96. The van der Waals surface area contributed by atoms with Gasteiger partial charge < -0.3 is 20.4 Å². The van der Waals surface area contributed by atoms with Gasteiger partial charge in [-0.25, -0.2) is 0 Å². The topological polar surface area (TPSA) is 108 Å². The highest BCUT2D eigenvalue weighted by Crippen LogP contribution is 2.35. The van der Waals surface area contributed by atoms with Gasteiger partial charge in [0.2, 0.25) is 34.1 Å². The van der Waals surface area contributed by atoms with E-state index in [0.717, 1.165) is 103 Å². The molecule has 2 N–H and O–H groups in total. The lowest BCUT2D eigenvalue weighted by molar-refractivity contribution is 0.655. The Morgan fingerprint density at radius 1 is 0.500 bits per heavy atom. The second kappa shape index (κ2) is 19.1. The first kappa shape index (κ1) is 32.1. The van der Waals surface area contributed by atoms with Gasteiger partial charge in [0.15, 0.2) is 0 Å². The highest BCUT2D eigenvalue weighted by molar-refractivity contribution is 8.76. The zero-order valence-electron chi connectivity index (χ0n) is 24.3. The average molecular weight is 565 g/mol. The molecule has 0 bridgehead atoms. The van der Waals surface area contributed by atoms with E-state index in [1.54, 1.807) is 0 Å². The van der Waals surface area contributed by atoms with Gasteiger partial charge in [0.1, 0.15) is 0 Å². The molecule has 10 nitrogen and oxygen atoms in total. The maximum Gasteiger partial charge on any atom is 0.231 e. The number of aromatic nitrogens is 6. The van der Waals surface area contributed by atoms with Crippen LogP contribution in [0, 0.1) is 0 Å². The van der Waals surface area contributed by atoms with Crippen LogP contribution in [-0.2, 0) is 0 Å². The minimum atomic E-state index is 0.605. The fraction of sp³-hybridized carbons (Fsp3) is 0.769. The molecule has 0 aliphatic carbocycles. The van der Waals surface area contributed by atoms with E-state index in [9.17, 15) is 0 Å². The number of anilines is 4. The highest BCUT2D eigenvalue weighted by Gasteiger charge is 2.17. The summed E-state index contributed by atoms with van der Waals surface area (Å²) < 4.78 is 0. The first-order chi connectivity index (χ1) is 18.6. The third kappa shape index (κ3) is 11.3. The second-order valence-corrected chi connectivity index (χ2v) is 11.2. The standard InChI is InChI=1S/C26H48N10S2/c1-7-13-17-35(18-14-8-2)23-29-21(27-11-5)31-25(33-23)37-38-26-32-22(28-12-6)30-24(34-26)36(19-15-9-3)20-16-10-4/h7-20H2,1-6H3,(H,27,29,31,33)(H,28,30,32,34). The summed E-state index contributed by atoms with van der Waals surface area (Å²) in [4.78, 5) is 33.0. The molecule has 38 heavy (non-hydrogen) atoms. The van der Waals surface area contributed by atoms with E-state index in [2.05, 4.69) is 58.1 Å². The largest absolute Gasteiger partial charge is 0.354 e. The van der Waals surface area contributed by atoms with Crippen LogP contribution in [0.5, 0.6) is 0 Å². The van der Waals surface area contributed by atoms with E-state index < -0.39 is 0 Å². The minimum absolute atomic E-state index is 0.605. The summed E-state index contributed by atoms with van der Waals surface area (Å²) in [7, 11) is 2.93. The molecule has 0 unspecified atom stereocenters. The van der Waals surface area contributed by atoms with Gasteiger partial charge in [-0.1, -0.05) is 53.4 Å². The Hall–Kier alpha value is -2.08. The number of nitrogens with zero attached hydrogens (tertiary/aromatic N) is 8. The fourth-order valence-corrected chi connectivity index (χ4v) is 5.15. The zero-order chi connectivity index (χ0) is 27.6. The van der Waals surface area contributed by atoms with Gasteiger partial charge in [0, 0.05) is 39.3 Å². The van der Waals surface area contributed by atoms with Crippen molar-refractivity contribution >= 4 is 45.4 Å². The van der Waals surface area contributed by atoms with E-state index in [0.29, 0.717) is 22.2 Å². The van der Waals surface area contributed by atoms with Crippen molar-refractivity contribution in [3.63, 3.8) is 0 Å². The van der Waals surface area contributed by atoms with Crippen LogP contribution in [0.2, 0.25) is 0 Å². The Balaban J connectivity index is 2.31. The van der Waals surface area contributed by atoms with Crippen LogP contribution in [0.3, 0.4) is 0 Å². The lowest BCUT2D eigenvalue weighted by atomic mass is 10.3. The molecule has 0 aromatic carbocycles. The van der Waals surface area contributed by atoms with Crippen LogP contribution in [0.1, 0.15) is 92.9 Å². The molecule has 0 atom stereocenters.